The molecule has 0 aliphatic heterocycles. The second-order valence-corrected chi connectivity index (χ2v) is 5.53. The Morgan fingerprint density at radius 3 is 2.87 bits per heavy atom. The van der Waals surface area contributed by atoms with Gasteiger partial charge in [-0.1, -0.05) is 30.0 Å². The molecule has 23 heavy (non-hydrogen) atoms. The van der Waals surface area contributed by atoms with Gasteiger partial charge in [0.25, 0.3) is 5.91 Å². The van der Waals surface area contributed by atoms with Gasteiger partial charge in [-0.25, -0.2) is 9.97 Å². The van der Waals surface area contributed by atoms with Crippen molar-refractivity contribution in [2.24, 2.45) is 0 Å². The maximum absolute atomic E-state index is 12.4. The smallest absolute Gasteiger partial charge is 0.257 e. The molecule has 0 saturated heterocycles. The van der Waals surface area contributed by atoms with Gasteiger partial charge >= 0.3 is 0 Å². The summed E-state index contributed by atoms with van der Waals surface area (Å²) in [6.45, 7) is 0. The zero-order chi connectivity index (χ0) is 16.1. The molecular formula is C15H13N5O2S. The number of hydrogen-bond donors (Lipinski definition) is 3. The predicted molar refractivity (Wildman–Crippen MR) is 86.2 cm³/mol. The first-order valence-corrected chi connectivity index (χ1v) is 7.74. The van der Waals surface area contributed by atoms with Gasteiger partial charge in [-0.2, -0.15) is 5.10 Å². The van der Waals surface area contributed by atoms with Crippen LogP contribution in [0.4, 0.5) is 5.82 Å². The lowest BCUT2D eigenvalue weighted by molar-refractivity contribution is 0.102. The monoisotopic (exact) mass is 327 g/mol. The lowest BCUT2D eigenvalue weighted by Gasteiger charge is -2.09. The van der Waals surface area contributed by atoms with E-state index in [2.05, 4.69) is 25.5 Å². The van der Waals surface area contributed by atoms with E-state index in [1.54, 1.807) is 18.2 Å². The van der Waals surface area contributed by atoms with Gasteiger partial charge in [0.2, 0.25) is 0 Å². The summed E-state index contributed by atoms with van der Waals surface area (Å²) < 4.78 is 0. The molecule has 2 heterocycles. The van der Waals surface area contributed by atoms with Crippen molar-refractivity contribution in [1.82, 2.24) is 20.2 Å². The Labute approximate surface area is 136 Å². The molecule has 0 atom stereocenters. The number of aromatic amines is 1. The molecule has 3 rings (SSSR count). The fourth-order valence-corrected chi connectivity index (χ4v) is 2.73. The summed E-state index contributed by atoms with van der Waals surface area (Å²) in [5, 5.41) is 19.5. The quantitative estimate of drug-likeness (QED) is 0.622. The minimum Gasteiger partial charge on any atom is -0.504 e. The molecule has 1 amide bonds. The minimum absolute atomic E-state index is 0.0747. The van der Waals surface area contributed by atoms with Crippen LogP contribution < -0.4 is 5.32 Å². The van der Waals surface area contributed by atoms with E-state index in [4.69, 9.17) is 0 Å². The highest BCUT2D eigenvalue weighted by Crippen LogP contribution is 2.23. The molecule has 0 aliphatic rings. The highest BCUT2D eigenvalue weighted by molar-refractivity contribution is 7.98. The largest absolute Gasteiger partial charge is 0.504 e. The number of thioether (sulfide) groups is 1. The van der Waals surface area contributed by atoms with Crippen molar-refractivity contribution >= 4 is 23.5 Å². The van der Waals surface area contributed by atoms with Gasteiger partial charge in [0.1, 0.15) is 6.33 Å². The number of carbonyl (C=O) groups is 1. The number of pyridine rings is 1. The number of rotatable bonds is 5. The maximum atomic E-state index is 12.4. The van der Waals surface area contributed by atoms with Crippen molar-refractivity contribution in [1.29, 1.82) is 0 Å². The highest BCUT2D eigenvalue weighted by atomic mass is 32.2. The van der Waals surface area contributed by atoms with Crippen molar-refractivity contribution in [3.8, 4) is 5.75 Å². The van der Waals surface area contributed by atoms with Crippen LogP contribution in [0.1, 0.15) is 15.9 Å². The number of nitrogens with one attached hydrogen (secondary N) is 2. The van der Waals surface area contributed by atoms with E-state index in [1.165, 1.54) is 30.4 Å². The first-order valence-electron chi connectivity index (χ1n) is 6.75. The summed E-state index contributed by atoms with van der Waals surface area (Å²) in [5.74, 6) is 0.296. The molecule has 0 unspecified atom stereocenters. The molecule has 1 aromatic carbocycles. The van der Waals surface area contributed by atoms with Crippen molar-refractivity contribution in [2.45, 2.75) is 10.9 Å². The van der Waals surface area contributed by atoms with E-state index in [-0.39, 0.29) is 17.5 Å². The standard InChI is InChI=1S/C15H13N5O2S/c21-12-6-3-7-16-13(12)19-14(22)11-5-2-1-4-10(11)8-23-15-17-9-18-20-15/h1-7,9,21H,8H2,(H,16,19,22)(H,17,18,20). The van der Waals surface area contributed by atoms with E-state index < -0.39 is 0 Å². The van der Waals surface area contributed by atoms with E-state index in [9.17, 15) is 9.90 Å². The predicted octanol–water partition coefficient (Wildman–Crippen LogP) is 2.45. The number of aromatic hydroxyl groups is 1. The molecule has 8 heteroatoms. The van der Waals surface area contributed by atoms with Gasteiger partial charge in [0.05, 0.1) is 0 Å². The number of benzene rings is 1. The van der Waals surface area contributed by atoms with E-state index in [0.29, 0.717) is 16.5 Å². The Bertz CT molecular complexity index is 807. The van der Waals surface area contributed by atoms with E-state index >= 15 is 0 Å². The van der Waals surface area contributed by atoms with Crippen LogP contribution in [-0.4, -0.2) is 31.2 Å². The highest BCUT2D eigenvalue weighted by Gasteiger charge is 2.14. The molecular weight excluding hydrogens is 314 g/mol. The topological polar surface area (TPSA) is 104 Å². The summed E-state index contributed by atoms with van der Waals surface area (Å²) in [7, 11) is 0. The Morgan fingerprint density at radius 2 is 2.09 bits per heavy atom. The van der Waals surface area contributed by atoms with Gasteiger partial charge in [-0.3, -0.25) is 9.89 Å². The molecule has 0 fully saturated rings. The number of H-pyrrole nitrogens is 1. The van der Waals surface area contributed by atoms with Gasteiger partial charge in [0.15, 0.2) is 16.7 Å². The number of amides is 1. The summed E-state index contributed by atoms with van der Waals surface area (Å²) in [6, 6.07) is 10.3. The molecule has 0 saturated carbocycles. The Hall–Kier alpha value is -2.87. The van der Waals surface area contributed by atoms with Gasteiger partial charge in [-0.15, -0.1) is 0 Å². The second-order valence-electron chi connectivity index (χ2n) is 4.56. The normalized spacial score (nSPS) is 10.4. The van der Waals surface area contributed by atoms with Crippen molar-refractivity contribution in [3.05, 3.63) is 60.0 Å². The van der Waals surface area contributed by atoms with Crippen molar-refractivity contribution in [3.63, 3.8) is 0 Å². The van der Waals surface area contributed by atoms with Crippen LogP contribution in [0, 0.1) is 0 Å². The summed E-state index contributed by atoms with van der Waals surface area (Å²) >= 11 is 1.45. The number of aromatic nitrogens is 4. The lowest BCUT2D eigenvalue weighted by Crippen LogP contribution is -2.15. The first kappa shape index (κ1) is 15.0. The number of anilines is 1. The van der Waals surface area contributed by atoms with Crippen LogP contribution in [-0.2, 0) is 5.75 Å². The summed E-state index contributed by atoms with van der Waals surface area (Å²) in [4.78, 5) is 20.4. The average molecular weight is 327 g/mol. The fraction of sp³-hybridized carbons (Fsp3) is 0.0667. The molecule has 7 nitrogen and oxygen atoms in total. The zero-order valence-electron chi connectivity index (χ0n) is 11.9. The van der Waals surface area contributed by atoms with Gasteiger partial charge < -0.3 is 10.4 Å². The summed E-state index contributed by atoms with van der Waals surface area (Å²) in [6.07, 6.45) is 2.94. The van der Waals surface area contributed by atoms with E-state index in [0.717, 1.165) is 5.56 Å². The molecule has 3 N–H and O–H groups in total. The van der Waals surface area contributed by atoms with Crippen LogP contribution in [0.2, 0.25) is 0 Å². The molecule has 0 spiro atoms. The van der Waals surface area contributed by atoms with Crippen LogP contribution in [0.25, 0.3) is 0 Å². The van der Waals surface area contributed by atoms with Crippen LogP contribution in [0.3, 0.4) is 0 Å². The fourth-order valence-electron chi connectivity index (χ4n) is 1.95. The molecule has 2 aromatic heterocycles. The SMILES string of the molecule is O=C(Nc1ncccc1O)c1ccccc1CSc1ncn[nH]1. The third-order valence-corrected chi connectivity index (χ3v) is 3.96. The zero-order valence-corrected chi connectivity index (χ0v) is 12.7. The summed E-state index contributed by atoms with van der Waals surface area (Å²) in [5.41, 5.74) is 1.37. The van der Waals surface area contributed by atoms with Crippen LogP contribution in [0.15, 0.2) is 54.1 Å². The second kappa shape index (κ2) is 6.93. The molecule has 0 radical (unpaired) electrons. The van der Waals surface area contributed by atoms with Crippen LogP contribution in [0.5, 0.6) is 5.75 Å². The molecule has 116 valence electrons. The maximum Gasteiger partial charge on any atom is 0.257 e. The average Bonchev–Trinajstić information content (AvgIpc) is 3.09. The third kappa shape index (κ3) is 3.67. The van der Waals surface area contributed by atoms with Crippen molar-refractivity contribution < 1.29 is 9.90 Å². The molecule has 0 aliphatic carbocycles. The minimum atomic E-state index is -0.326. The Balaban J connectivity index is 1.76. The van der Waals surface area contributed by atoms with Crippen molar-refractivity contribution in [2.75, 3.05) is 5.32 Å². The van der Waals surface area contributed by atoms with Crippen LogP contribution >= 0.6 is 11.8 Å². The van der Waals surface area contributed by atoms with E-state index in [1.807, 2.05) is 12.1 Å². The third-order valence-electron chi connectivity index (χ3n) is 3.04. The Morgan fingerprint density at radius 1 is 1.22 bits per heavy atom. The molecule has 0 bridgehead atoms. The molecule has 3 aromatic rings. The number of nitrogens with zero attached hydrogens (tertiary/aromatic N) is 3. The number of hydrogen-bond acceptors (Lipinski definition) is 6. The first-order chi connectivity index (χ1) is 11.2. The van der Waals surface area contributed by atoms with Gasteiger partial charge in [0, 0.05) is 17.5 Å². The Kier molecular flexibility index (Phi) is 4.53. The number of carbonyl (C=O) groups excluding carboxylic acids is 1. The lowest BCUT2D eigenvalue weighted by atomic mass is 10.1. The van der Waals surface area contributed by atoms with Gasteiger partial charge in [-0.05, 0) is 23.8 Å².